The average molecular weight is 361 g/mol. The molecule has 0 spiro atoms. The van der Waals surface area contributed by atoms with Gasteiger partial charge >= 0.3 is 0 Å². The van der Waals surface area contributed by atoms with E-state index in [2.05, 4.69) is 34.3 Å². The molecular formula is C22H23N3O2. The Bertz CT molecular complexity index is 836. The highest BCUT2D eigenvalue weighted by atomic mass is 16.5. The van der Waals surface area contributed by atoms with Gasteiger partial charge in [0, 0.05) is 13.1 Å². The minimum absolute atomic E-state index is 0.0408. The van der Waals surface area contributed by atoms with Gasteiger partial charge < -0.3 is 15.0 Å². The fraction of sp³-hybridized carbons (Fsp3) is 0.182. The number of rotatable bonds is 8. The van der Waals surface area contributed by atoms with E-state index >= 15 is 0 Å². The van der Waals surface area contributed by atoms with Crippen LogP contribution < -0.4 is 15.0 Å². The van der Waals surface area contributed by atoms with Crippen molar-refractivity contribution in [3.8, 4) is 5.75 Å². The number of amides is 1. The van der Waals surface area contributed by atoms with Gasteiger partial charge in [-0.15, -0.1) is 0 Å². The largest absolute Gasteiger partial charge is 0.484 e. The molecule has 0 bridgehead atoms. The molecule has 0 unspecified atom stereocenters. The van der Waals surface area contributed by atoms with Crippen molar-refractivity contribution >= 4 is 17.4 Å². The molecule has 27 heavy (non-hydrogen) atoms. The van der Waals surface area contributed by atoms with Crippen LogP contribution in [0.3, 0.4) is 0 Å². The maximum absolute atomic E-state index is 12.0. The summed E-state index contributed by atoms with van der Waals surface area (Å²) in [7, 11) is 0. The quantitative estimate of drug-likeness (QED) is 0.656. The second kappa shape index (κ2) is 9.38. The fourth-order valence-corrected chi connectivity index (χ4v) is 2.67. The number of benzene rings is 2. The van der Waals surface area contributed by atoms with E-state index in [0.717, 1.165) is 18.9 Å². The lowest BCUT2D eigenvalue weighted by atomic mass is 10.2. The number of nitrogens with zero attached hydrogens (tertiary/aromatic N) is 2. The summed E-state index contributed by atoms with van der Waals surface area (Å²) in [4.78, 5) is 18.7. The van der Waals surface area contributed by atoms with Gasteiger partial charge in [0.05, 0.1) is 11.9 Å². The Labute approximate surface area is 159 Å². The summed E-state index contributed by atoms with van der Waals surface area (Å²) in [5.74, 6) is 1.32. The van der Waals surface area contributed by atoms with Crippen molar-refractivity contribution in [2.75, 3.05) is 23.4 Å². The van der Waals surface area contributed by atoms with Crippen LogP contribution in [0.5, 0.6) is 5.75 Å². The summed E-state index contributed by atoms with van der Waals surface area (Å²) in [6, 6.07) is 23.3. The predicted molar refractivity (Wildman–Crippen MR) is 108 cm³/mol. The third-order valence-electron chi connectivity index (χ3n) is 4.07. The number of para-hydroxylation sites is 1. The van der Waals surface area contributed by atoms with E-state index in [9.17, 15) is 4.79 Å². The first kappa shape index (κ1) is 18.5. The summed E-state index contributed by atoms with van der Waals surface area (Å²) in [6.45, 7) is 3.70. The van der Waals surface area contributed by atoms with E-state index in [4.69, 9.17) is 4.74 Å². The summed E-state index contributed by atoms with van der Waals surface area (Å²) in [5.41, 5.74) is 1.88. The third-order valence-corrected chi connectivity index (χ3v) is 4.07. The molecule has 1 amide bonds. The number of carbonyl (C=O) groups excluding carboxylic acids is 1. The number of ether oxygens (including phenoxy) is 1. The molecule has 0 saturated heterocycles. The molecular weight excluding hydrogens is 338 g/mol. The first-order chi connectivity index (χ1) is 13.2. The zero-order chi connectivity index (χ0) is 18.9. The summed E-state index contributed by atoms with van der Waals surface area (Å²) in [5, 5.41) is 2.80. The molecule has 1 N–H and O–H groups in total. The normalized spacial score (nSPS) is 10.3. The molecule has 0 aliphatic rings. The summed E-state index contributed by atoms with van der Waals surface area (Å²) < 4.78 is 5.45. The van der Waals surface area contributed by atoms with Crippen molar-refractivity contribution in [2.24, 2.45) is 0 Å². The van der Waals surface area contributed by atoms with Gasteiger partial charge in [-0.1, -0.05) is 48.5 Å². The molecule has 3 aromatic rings. The summed E-state index contributed by atoms with van der Waals surface area (Å²) >= 11 is 0. The topological polar surface area (TPSA) is 54.5 Å². The average Bonchev–Trinajstić information content (AvgIpc) is 2.73. The molecule has 0 saturated carbocycles. The molecule has 0 radical (unpaired) electrons. The Morgan fingerprint density at radius 2 is 1.70 bits per heavy atom. The van der Waals surface area contributed by atoms with Crippen LogP contribution in [0.1, 0.15) is 12.5 Å². The van der Waals surface area contributed by atoms with Crippen LogP contribution in [0, 0.1) is 0 Å². The zero-order valence-electron chi connectivity index (χ0n) is 15.3. The molecule has 138 valence electrons. The minimum atomic E-state index is -0.218. The fourth-order valence-electron chi connectivity index (χ4n) is 2.67. The number of anilines is 2. The minimum Gasteiger partial charge on any atom is -0.484 e. The highest BCUT2D eigenvalue weighted by molar-refractivity contribution is 5.91. The predicted octanol–water partition coefficient (Wildman–Crippen LogP) is 4.13. The molecule has 5 nitrogen and oxygen atoms in total. The number of nitrogens with one attached hydrogen (secondary N) is 1. The Kier molecular flexibility index (Phi) is 6.41. The maximum Gasteiger partial charge on any atom is 0.262 e. The first-order valence-corrected chi connectivity index (χ1v) is 8.97. The Balaban J connectivity index is 1.55. The van der Waals surface area contributed by atoms with Gasteiger partial charge in [0.2, 0.25) is 0 Å². The molecule has 1 aromatic heterocycles. The highest BCUT2D eigenvalue weighted by Crippen LogP contribution is 2.17. The lowest BCUT2D eigenvalue weighted by Gasteiger charge is -2.22. The van der Waals surface area contributed by atoms with Crippen LogP contribution in [0.2, 0.25) is 0 Å². The van der Waals surface area contributed by atoms with Crippen LogP contribution in [0.25, 0.3) is 0 Å². The van der Waals surface area contributed by atoms with E-state index in [0.29, 0.717) is 11.4 Å². The monoisotopic (exact) mass is 361 g/mol. The molecule has 3 rings (SSSR count). The second-order valence-electron chi connectivity index (χ2n) is 6.05. The Hall–Kier alpha value is -3.34. The van der Waals surface area contributed by atoms with Gasteiger partial charge in [-0.05, 0) is 36.8 Å². The van der Waals surface area contributed by atoms with Crippen LogP contribution in [0.4, 0.5) is 11.5 Å². The van der Waals surface area contributed by atoms with Crippen molar-refractivity contribution in [3.63, 3.8) is 0 Å². The number of hydrogen-bond donors (Lipinski definition) is 1. The first-order valence-electron chi connectivity index (χ1n) is 8.97. The van der Waals surface area contributed by atoms with Crippen LogP contribution in [-0.4, -0.2) is 24.0 Å². The zero-order valence-corrected chi connectivity index (χ0v) is 15.3. The molecule has 0 fully saturated rings. The van der Waals surface area contributed by atoms with Crippen LogP contribution >= 0.6 is 0 Å². The van der Waals surface area contributed by atoms with Gasteiger partial charge in [0.15, 0.2) is 6.61 Å². The number of aromatic nitrogens is 1. The van der Waals surface area contributed by atoms with E-state index in [-0.39, 0.29) is 12.5 Å². The second-order valence-corrected chi connectivity index (χ2v) is 6.05. The molecule has 0 atom stereocenters. The molecule has 5 heteroatoms. The van der Waals surface area contributed by atoms with E-state index < -0.39 is 0 Å². The van der Waals surface area contributed by atoms with Crippen molar-refractivity contribution in [3.05, 3.63) is 84.6 Å². The van der Waals surface area contributed by atoms with E-state index in [1.165, 1.54) is 5.56 Å². The highest BCUT2D eigenvalue weighted by Gasteiger charge is 2.08. The molecule has 1 heterocycles. The van der Waals surface area contributed by atoms with Crippen molar-refractivity contribution in [1.29, 1.82) is 0 Å². The Morgan fingerprint density at radius 1 is 1.00 bits per heavy atom. The smallest absolute Gasteiger partial charge is 0.262 e. The number of hydrogen-bond acceptors (Lipinski definition) is 4. The molecule has 0 aliphatic carbocycles. The lowest BCUT2D eigenvalue weighted by Crippen LogP contribution is -2.23. The standard InChI is InChI=1S/C22H23N3O2/c1-2-25(16-18-9-5-3-6-10-18)21-14-13-19(15-23-21)24-22(26)17-27-20-11-7-4-8-12-20/h3-15H,2,16-17H2,1H3,(H,24,26). The maximum atomic E-state index is 12.0. The molecule has 0 aliphatic heterocycles. The SMILES string of the molecule is CCN(Cc1ccccc1)c1ccc(NC(=O)COc2ccccc2)cn1. The number of pyridine rings is 1. The van der Waals surface area contributed by atoms with Crippen molar-refractivity contribution < 1.29 is 9.53 Å². The molecule has 2 aromatic carbocycles. The van der Waals surface area contributed by atoms with Gasteiger partial charge in [0.25, 0.3) is 5.91 Å². The van der Waals surface area contributed by atoms with E-state index in [1.54, 1.807) is 6.20 Å². The van der Waals surface area contributed by atoms with Crippen LogP contribution in [-0.2, 0) is 11.3 Å². The third kappa shape index (κ3) is 5.57. The number of carbonyl (C=O) groups is 1. The van der Waals surface area contributed by atoms with Crippen molar-refractivity contribution in [2.45, 2.75) is 13.5 Å². The van der Waals surface area contributed by atoms with Gasteiger partial charge in [-0.25, -0.2) is 4.98 Å². The van der Waals surface area contributed by atoms with Crippen molar-refractivity contribution in [1.82, 2.24) is 4.98 Å². The Morgan fingerprint density at radius 3 is 2.33 bits per heavy atom. The lowest BCUT2D eigenvalue weighted by molar-refractivity contribution is -0.118. The summed E-state index contributed by atoms with van der Waals surface area (Å²) in [6.07, 6.45) is 1.67. The van der Waals surface area contributed by atoms with Gasteiger partial charge in [-0.2, -0.15) is 0 Å². The van der Waals surface area contributed by atoms with Gasteiger partial charge in [0.1, 0.15) is 11.6 Å². The van der Waals surface area contributed by atoms with Gasteiger partial charge in [-0.3, -0.25) is 4.79 Å². The van der Waals surface area contributed by atoms with E-state index in [1.807, 2.05) is 60.7 Å². The van der Waals surface area contributed by atoms with Crippen LogP contribution in [0.15, 0.2) is 79.0 Å².